The van der Waals surface area contributed by atoms with Gasteiger partial charge in [-0.25, -0.2) is 4.98 Å². The molecule has 1 heterocycles. The number of rotatable bonds is 4. The topological polar surface area (TPSA) is 90.2 Å². The first-order valence-electron chi connectivity index (χ1n) is 5.61. The van der Waals surface area contributed by atoms with Gasteiger partial charge in [0.2, 0.25) is 11.1 Å². The Kier molecular flexibility index (Phi) is 3.99. The highest BCUT2D eigenvalue weighted by atomic mass is 35.5. The Bertz CT molecular complexity index is 663. The Morgan fingerprint density at radius 3 is 2.80 bits per heavy atom. The number of nitro groups is 1. The Morgan fingerprint density at radius 1 is 1.40 bits per heavy atom. The standard InChI is InChI=1S/C12H11ClN4O3/c1-7-10(17(18)19)11(16-12(13)14-7)15-8-4-3-5-9(6-8)20-2/h3-6H,1-2H3,(H,14,15,16). The summed E-state index contributed by atoms with van der Waals surface area (Å²) >= 11 is 5.74. The zero-order chi connectivity index (χ0) is 14.7. The molecule has 0 saturated heterocycles. The van der Waals surface area contributed by atoms with Crippen molar-refractivity contribution in [1.29, 1.82) is 0 Å². The average Bonchev–Trinajstić information content (AvgIpc) is 2.37. The number of benzene rings is 1. The number of nitrogens with one attached hydrogen (secondary N) is 1. The second-order valence-corrected chi connectivity index (χ2v) is 4.23. The third-order valence-electron chi connectivity index (χ3n) is 2.55. The molecule has 2 aromatic rings. The van der Waals surface area contributed by atoms with E-state index in [1.807, 2.05) is 0 Å². The highest BCUT2D eigenvalue weighted by Gasteiger charge is 2.21. The molecule has 20 heavy (non-hydrogen) atoms. The number of ether oxygens (including phenoxy) is 1. The summed E-state index contributed by atoms with van der Waals surface area (Å²) in [5.74, 6) is 0.662. The van der Waals surface area contributed by atoms with E-state index in [0.717, 1.165) is 0 Å². The van der Waals surface area contributed by atoms with Crippen LogP contribution in [0, 0.1) is 17.0 Å². The average molecular weight is 295 g/mol. The normalized spacial score (nSPS) is 10.2. The minimum atomic E-state index is -0.547. The summed E-state index contributed by atoms with van der Waals surface area (Å²) in [6, 6.07) is 6.94. The lowest BCUT2D eigenvalue weighted by Crippen LogP contribution is -2.04. The largest absolute Gasteiger partial charge is 0.497 e. The zero-order valence-corrected chi connectivity index (χ0v) is 11.5. The number of methoxy groups -OCH3 is 1. The lowest BCUT2D eigenvalue weighted by Gasteiger charge is -2.09. The van der Waals surface area contributed by atoms with Crippen LogP contribution in [0.25, 0.3) is 0 Å². The van der Waals surface area contributed by atoms with Crippen molar-refractivity contribution >= 4 is 28.8 Å². The van der Waals surface area contributed by atoms with Gasteiger partial charge in [-0.15, -0.1) is 0 Å². The van der Waals surface area contributed by atoms with Crippen molar-refractivity contribution < 1.29 is 9.66 Å². The molecule has 0 saturated carbocycles. The number of nitrogens with zero attached hydrogens (tertiary/aromatic N) is 3. The smallest absolute Gasteiger partial charge is 0.332 e. The van der Waals surface area contributed by atoms with E-state index in [-0.39, 0.29) is 22.5 Å². The molecular formula is C12H11ClN4O3. The fraction of sp³-hybridized carbons (Fsp3) is 0.167. The van der Waals surface area contributed by atoms with Crippen molar-refractivity contribution in [3.8, 4) is 5.75 Å². The number of aromatic nitrogens is 2. The van der Waals surface area contributed by atoms with E-state index in [0.29, 0.717) is 11.4 Å². The maximum absolute atomic E-state index is 11.1. The van der Waals surface area contributed by atoms with Crippen molar-refractivity contribution in [2.45, 2.75) is 6.92 Å². The molecule has 104 valence electrons. The van der Waals surface area contributed by atoms with Gasteiger partial charge in [0.1, 0.15) is 11.4 Å². The van der Waals surface area contributed by atoms with E-state index in [4.69, 9.17) is 16.3 Å². The Morgan fingerprint density at radius 2 is 2.15 bits per heavy atom. The van der Waals surface area contributed by atoms with Gasteiger partial charge in [0.05, 0.1) is 12.0 Å². The van der Waals surface area contributed by atoms with E-state index in [1.54, 1.807) is 24.3 Å². The van der Waals surface area contributed by atoms with Crippen molar-refractivity contribution in [2.75, 3.05) is 12.4 Å². The Labute approximate surface area is 119 Å². The molecule has 0 radical (unpaired) electrons. The molecular weight excluding hydrogens is 284 g/mol. The van der Waals surface area contributed by atoms with Crippen molar-refractivity contribution in [1.82, 2.24) is 9.97 Å². The molecule has 1 aromatic carbocycles. The lowest BCUT2D eigenvalue weighted by atomic mass is 10.3. The highest BCUT2D eigenvalue weighted by molar-refractivity contribution is 6.28. The molecule has 0 spiro atoms. The molecule has 7 nitrogen and oxygen atoms in total. The van der Waals surface area contributed by atoms with Gasteiger partial charge in [-0.3, -0.25) is 10.1 Å². The predicted octanol–water partition coefficient (Wildman–Crippen LogP) is 3.10. The number of hydrogen-bond donors (Lipinski definition) is 1. The molecule has 0 fully saturated rings. The van der Waals surface area contributed by atoms with E-state index in [9.17, 15) is 10.1 Å². The molecule has 8 heteroatoms. The number of hydrogen-bond acceptors (Lipinski definition) is 6. The van der Waals surface area contributed by atoms with E-state index < -0.39 is 4.92 Å². The van der Waals surface area contributed by atoms with Gasteiger partial charge in [0.25, 0.3) is 0 Å². The molecule has 0 aliphatic rings. The van der Waals surface area contributed by atoms with Crippen LogP contribution in [-0.2, 0) is 0 Å². The van der Waals surface area contributed by atoms with Gasteiger partial charge in [-0.1, -0.05) is 6.07 Å². The molecule has 0 atom stereocenters. The maximum Gasteiger partial charge on any atom is 0.332 e. The van der Waals surface area contributed by atoms with Crippen LogP contribution in [0.4, 0.5) is 17.2 Å². The monoisotopic (exact) mass is 294 g/mol. The summed E-state index contributed by atoms with van der Waals surface area (Å²) in [4.78, 5) is 18.2. The quantitative estimate of drug-likeness (QED) is 0.529. The first-order valence-corrected chi connectivity index (χ1v) is 5.98. The van der Waals surface area contributed by atoms with Gasteiger partial charge in [0, 0.05) is 11.8 Å². The minimum absolute atomic E-state index is 0.0424. The van der Waals surface area contributed by atoms with Crippen LogP contribution in [0.2, 0.25) is 5.28 Å². The van der Waals surface area contributed by atoms with Gasteiger partial charge in [0.15, 0.2) is 0 Å². The van der Waals surface area contributed by atoms with Crippen LogP contribution in [0.15, 0.2) is 24.3 Å². The zero-order valence-electron chi connectivity index (χ0n) is 10.8. The summed E-state index contributed by atoms with van der Waals surface area (Å²) in [5.41, 5.74) is 0.583. The first-order chi connectivity index (χ1) is 9.51. The molecule has 0 amide bonds. The summed E-state index contributed by atoms with van der Waals surface area (Å²) in [6.45, 7) is 1.50. The summed E-state index contributed by atoms with van der Waals surface area (Å²) < 4.78 is 5.09. The molecule has 2 rings (SSSR count). The second-order valence-electron chi connectivity index (χ2n) is 3.89. The Balaban J connectivity index is 2.44. The van der Waals surface area contributed by atoms with Gasteiger partial charge in [-0.2, -0.15) is 4.98 Å². The number of halogens is 1. The first kappa shape index (κ1) is 14.0. The van der Waals surface area contributed by atoms with E-state index in [2.05, 4.69) is 15.3 Å². The molecule has 0 aliphatic carbocycles. The predicted molar refractivity (Wildman–Crippen MR) is 74.7 cm³/mol. The second kappa shape index (κ2) is 5.70. The van der Waals surface area contributed by atoms with Crippen LogP contribution >= 0.6 is 11.6 Å². The van der Waals surface area contributed by atoms with Crippen molar-refractivity contribution in [2.24, 2.45) is 0 Å². The fourth-order valence-corrected chi connectivity index (χ4v) is 1.89. The van der Waals surface area contributed by atoms with Gasteiger partial charge < -0.3 is 10.1 Å². The van der Waals surface area contributed by atoms with Crippen molar-refractivity contribution in [3.63, 3.8) is 0 Å². The summed E-state index contributed by atoms with van der Waals surface area (Å²) in [6.07, 6.45) is 0. The minimum Gasteiger partial charge on any atom is -0.497 e. The number of aryl methyl sites for hydroxylation is 1. The van der Waals surface area contributed by atoms with Crippen LogP contribution in [-0.4, -0.2) is 22.0 Å². The van der Waals surface area contributed by atoms with Crippen LogP contribution < -0.4 is 10.1 Å². The molecule has 0 bridgehead atoms. The van der Waals surface area contributed by atoms with Crippen molar-refractivity contribution in [3.05, 3.63) is 45.4 Å². The highest BCUT2D eigenvalue weighted by Crippen LogP contribution is 2.30. The summed E-state index contributed by atoms with van der Waals surface area (Å²) in [7, 11) is 1.53. The van der Waals surface area contributed by atoms with E-state index >= 15 is 0 Å². The van der Waals surface area contributed by atoms with Gasteiger partial charge >= 0.3 is 5.69 Å². The fourth-order valence-electron chi connectivity index (χ4n) is 1.68. The number of anilines is 2. The van der Waals surface area contributed by atoms with Crippen LogP contribution in [0.5, 0.6) is 5.75 Å². The third-order valence-corrected chi connectivity index (χ3v) is 2.72. The van der Waals surface area contributed by atoms with Crippen LogP contribution in [0.1, 0.15) is 5.69 Å². The SMILES string of the molecule is COc1cccc(Nc2nc(Cl)nc(C)c2[N+](=O)[O-])c1. The maximum atomic E-state index is 11.1. The summed E-state index contributed by atoms with van der Waals surface area (Å²) in [5, 5.41) is 13.9. The van der Waals surface area contributed by atoms with Gasteiger partial charge in [-0.05, 0) is 30.7 Å². The third kappa shape index (κ3) is 2.94. The Hall–Kier alpha value is -2.41. The molecule has 0 unspecified atom stereocenters. The lowest BCUT2D eigenvalue weighted by molar-refractivity contribution is -0.385. The van der Waals surface area contributed by atoms with Crippen LogP contribution in [0.3, 0.4) is 0 Å². The molecule has 0 aliphatic heterocycles. The molecule has 1 N–H and O–H groups in total. The molecule has 1 aromatic heterocycles. The van der Waals surface area contributed by atoms with E-state index in [1.165, 1.54) is 14.0 Å².